The quantitative estimate of drug-likeness (QED) is 0.756. The van der Waals surface area contributed by atoms with Gasteiger partial charge in [0.05, 0.1) is 7.11 Å². The summed E-state index contributed by atoms with van der Waals surface area (Å²) >= 11 is 0. The van der Waals surface area contributed by atoms with Crippen molar-refractivity contribution in [3.63, 3.8) is 0 Å². The molecule has 2 amide bonds. The third kappa shape index (κ3) is 5.55. The lowest BCUT2D eigenvalue weighted by Crippen LogP contribution is -2.41. The van der Waals surface area contributed by atoms with Gasteiger partial charge in [0, 0.05) is 18.2 Å². The molecular weight excluding hydrogens is 284 g/mol. The van der Waals surface area contributed by atoms with Crippen molar-refractivity contribution in [1.29, 1.82) is 0 Å². The molecule has 0 bridgehead atoms. The first kappa shape index (κ1) is 17.7. The highest BCUT2D eigenvalue weighted by atomic mass is 16.5. The molecule has 2 N–H and O–H groups in total. The van der Waals surface area contributed by atoms with E-state index in [4.69, 9.17) is 4.74 Å². The molecule has 0 aliphatic rings. The van der Waals surface area contributed by atoms with Gasteiger partial charge in [-0.15, -0.1) is 0 Å². The van der Waals surface area contributed by atoms with Gasteiger partial charge in [-0.25, -0.2) is 4.79 Å². The first-order valence-electron chi connectivity index (χ1n) is 7.24. The summed E-state index contributed by atoms with van der Waals surface area (Å²) in [4.78, 5) is 35.0. The minimum Gasteiger partial charge on any atom is -0.467 e. The topological polar surface area (TPSA) is 84.5 Å². The average molecular weight is 306 g/mol. The molecule has 6 nitrogen and oxygen atoms in total. The van der Waals surface area contributed by atoms with Crippen molar-refractivity contribution >= 4 is 23.5 Å². The summed E-state index contributed by atoms with van der Waals surface area (Å²) in [7, 11) is 1.30. The van der Waals surface area contributed by atoms with Crippen LogP contribution in [0.15, 0.2) is 24.3 Å². The van der Waals surface area contributed by atoms with Crippen LogP contribution in [0.3, 0.4) is 0 Å². The number of rotatable bonds is 7. The average Bonchev–Trinajstić information content (AvgIpc) is 2.50. The maximum absolute atomic E-state index is 12.2. The zero-order chi connectivity index (χ0) is 16.5. The van der Waals surface area contributed by atoms with Crippen molar-refractivity contribution in [3.8, 4) is 0 Å². The number of hydrogen-bond acceptors (Lipinski definition) is 4. The summed E-state index contributed by atoms with van der Waals surface area (Å²) in [5.41, 5.74) is 0.903. The molecular formula is C16H22N2O4. The van der Waals surface area contributed by atoms with Crippen molar-refractivity contribution in [2.24, 2.45) is 0 Å². The van der Waals surface area contributed by atoms with Crippen LogP contribution in [0.5, 0.6) is 0 Å². The second-order valence-corrected chi connectivity index (χ2v) is 4.95. The number of carbonyl (C=O) groups excluding carboxylic acids is 3. The highest BCUT2D eigenvalue weighted by Crippen LogP contribution is 2.11. The molecule has 1 atom stereocenters. The fourth-order valence-electron chi connectivity index (χ4n) is 1.98. The van der Waals surface area contributed by atoms with E-state index in [9.17, 15) is 14.4 Å². The molecule has 0 aromatic heterocycles. The van der Waals surface area contributed by atoms with E-state index < -0.39 is 12.0 Å². The van der Waals surface area contributed by atoms with E-state index in [0.29, 0.717) is 17.7 Å². The molecule has 1 aromatic rings. The fraction of sp³-hybridized carbons (Fsp3) is 0.438. The number of unbranched alkanes of at least 4 members (excludes halogenated alkanes) is 1. The zero-order valence-electron chi connectivity index (χ0n) is 13.1. The first-order valence-corrected chi connectivity index (χ1v) is 7.24. The molecule has 0 saturated carbocycles. The van der Waals surface area contributed by atoms with Gasteiger partial charge in [0.2, 0.25) is 5.91 Å². The second kappa shape index (κ2) is 8.81. The molecule has 120 valence electrons. The van der Waals surface area contributed by atoms with Crippen molar-refractivity contribution in [1.82, 2.24) is 5.32 Å². The van der Waals surface area contributed by atoms with Gasteiger partial charge in [-0.1, -0.05) is 25.8 Å². The van der Waals surface area contributed by atoms with E-state index in [0.717, 1.165) is 12.8 Å². The molecule has 0 unspecified atom stereocenters. The van der Waals surface area contributed by atoms with Gasteiger partial charge < -0.3 is 15.4 Å². The lowest BCUT2D eigenvalue weighted by molar-refractivity contribution is -0.143. The summed E-state index contributed by atoms with van der Waals surface area (Å²) in [6, 6.07) is 5.87. The Bertz CT molecular complexity index is 543. The lowest BCUT2D eigenvalue weighted by Gasteiger charge is -2.16. The van der Waals surface area contributed by atoms with E-state index in [2.05, 4.69) is 10.6 Å². The third-order valence-corrected chi connectivity index (χ3v) is 3.08. The van der Waals surface area contributed by atoms with E-state index in [1.807, 2.05) is 6.92 Å². The summed E-state index contributed by atoms with van der Waals surface area (Å²) in [6.07, 6.45) is 2.26. The summed E-state index contributed by atoms with van der Waals surface area (Å²) < 4.78 is 4.71. The number of anilines is 1. The normalized spacial score (nSPS) is 11.4. The number of amides is 2. The smallest absolute Gasteiger partial charge is 0.328 e. The van der Waals surface area contributed by atoms with Crippen molar-refractivity contribution in [3.05, 3.63) is 29.8 Å². The second-order valence-electron chi connectivity index (χ2n) is 4.95. The van der Waals surface area contributed by atoms with E-state index >= 15 is 0 Å². The van der Waals surface area contributed by atoms with E-state index in [1.165, 1.54) is 14.0 Å². The van der Waals surface area contributed by atoms with Crippen molar-refractivity contribution in [2.75, 3.05) is 12.4 Å². The molecule has 0 radical (unpaired) electrons. The molecule has 0 spiro atoms. The minimum absolute atomic E-state index is 0.215. The molecule has 1 aromatic carbocycles. The third-order valence-electron chi connectivity index (χ3n) is 3.08. The number of hydrogen-bond donors (Lipinski definition) is 2. The summed E-state index contributed by atoms with van der Waals surface area (Å²) in [5, 5.41) is 5.28. The Morgan fingerprint density at radius 3 is 2.59 bits per heavy atom. The largest absolute Gasteiger partial charge is 0.467 e. The lowest BCUT2D eigenvalue weighted by atomic mass is 10.1. The first-order chi connectivity index (χ1) is 10.5. The molecule has 1 rings (SSSR count). The standard InChI is InChI=1S/C16H22N2O4/c1-4-5-9-14(16(21)22-3)18-15(20)12-7-6-8-13(10-12)17-11(2)19/h6-8,10,14H,4-5,9H2,1-3H3,(H,17,19)(H,18,20)/t14-/m1/s1. The molecule has 0 heterocycles. The SMILES string of the molecule is CCCC[C@@H](NC(=O)c1cccc(NC(C)=O)c1)C(=O)OC. The molecule has 0 aliphatic heterocycles. The Balaban J connectivity index is 2.80. The minimum atomic E-state index is -0.665. The van der Waals surface area contributed by atoms with E-state index in [-0.39, 0.29) is 11.8 Å². The van der Waals surface area contributed by atoms with Gasteiger partial charge in [-0.05, 0) is 24.6 Å². The Morgan fingerprint density at radius 2 is 2.00 bits per heavy atom. The van der Waals surface area contributed by atoms with Gasteiger partial charge in [-0.2, -0.15) is 0 Å². The van der Waals surface area contributed by atoms with Gasteiger partial charge in [0.15, 0.2) is 0 Å². The van der Waals surface area contributed by atoms with Gasteiger partial charge >= 0.3 is 5.97 Å². The van der Waals surface area contributed by atoms with Crippen LogP contribution < -0.4 is 10.6 Å². The number of benzene rings is 1. The monoisotopic (exact) mass is 306 g/mol. The zero-order valence-corrected chi connectivity index (χ0v) is 13.1. The summed E-state index contributed by atoms with van der Waals surface area (Å²) in [5.74, 6) is -1.05. The molecule has 6 heteroatoms. The number of nitrogens with one attached hydrogen (secondary N) is 2. The van der Waals surface area contributed by atoms with Crippen LogP contribution >= 0.6 is 0 Å². The van der Waals surface area contributed by atoms with Gasteiger partial charge in [-0.3, -0.25) is 9.59 Å². The van der Waals surface area contributed by atoms with Crippen molar-refractivity contribution < 1.29 is 19.1 Å². The predicted molar refractivity (Wildman–Crippen MR) is 83.5 cm³/mol. The van der Waals surface area contributed by atoms with Crippen LogP contribution in [0, 0.1) is 0 Å². The Labute approximate surface area is 130 Å². The molecule has 0 fully saturated rings. The fourth-order valence-corrected chi connectivity index (χ4v) is 1.98. The van der Waals surface area contributed by atoms with Crippen LogP contribution in [0.2, 0.25) is 0 Å². The van der Waals surface area contributed by atoms with E-state index in [1.54, 1.807) is 24.3 Å². The number of ether oxygens (including phenoxy) is 1. The molecule has 0 aliphatic carbocycles. The van der Waals surface area contributed by atoms with Gasteiger partial charge in [0.25, 0.3) is 5.91 Å². The Hall–Kier alpha value is -2.37. The Kier molecular flexibility index (Phi) is 7.08. The van der Waals surface area contributed by atoms with Gasteiger partial charge in [0.1, 0.15) is 6.04 Å². The highest BCUT2D eigenvalue weighted by molar-refractivity contribution is 5.98. The number of methoxy groups -OCH3 is 1. The van der Waals surface area contributed by atoms with Crippen LogP contribution in [-0.2, 0) is 14.3 Å². The maximum atomic E-state index is 12.2. The van der Waals surface area contributed by atoms with Crippen LogP contribution in [-0.4, -0.2) is 30.9 Å². The van der Waals surface area contributed by atoms with Crippen LogP contribution in [0.1, 0.15) is 43.5 Å². The molecule has 22 heavy (non-hydrogen) atoms. The maximum Gasteiger partial charge on any atom is 0.328 e. The van der Waals surface area contributed by atoms with Crippen LogP contribution in [0.4, 0.5) is 5.69 Å². The Morgan fingerprint density at radius 1 is 1.27 bits per heavy atom. The van der Waals surface area contributed by atoms with Crippen molar-refractivity contribution in [2.45, 2.75) is 39.2 Å². The number of esters is 1. The predicted octanol–water partition coefficient (Wildman–Crippen LogP) is 2.11. The highest BCUT2D eigenvalue weighted by Gasteiger charge is 2.21. The number of carbonyl (C=O) groups is 3. The van der Waals surface area contributed by atoms with Crippen LogP contribution in [0.25, 0.3) is 0 Å². The molecule has 0 saturated heterocycles. The summed E-state index contributed by atoms with van der Waals surface area (Å²) in [6.45, 7) is 3.40.